The van der Waals surface area contributed by atoms with Crippen molar-refractivity contribution in [3.05, 3.63) is 70.7 Å². The molecule has 0 radical (unpaired) electrons. The van der Waals surface area contributed by atoms with Crippen LogP contribution in [0.5, 0.6) is 5.75 Å². The minimum Gasteiger partial charge on any atom is -0.495 e. The zero-order valence-corrected chi connectivity index (χ0v) is 17.5. The SMILES string of the molecule is COc1cc2c(cc1NCc1cccc(Br)c1)oc1ccccc12.O=C(O)C(=O)O. The topological polar surface area (TPSA) is 109 Å². The molecular weight excluding hydrogens is 454 g/mol. The van der Waals surface area contributed by atoms with Crippen molar-refractivity contribution in [3.63, 3.8) is 0 Å². The van der Waals surface area contributed by atoms with Crippen molar-refractivity contribution in [3.8, 4) is 5.75 Å². The third-order valence-electron chi connectivity index (χ3n) is 4.25. The minimum absolute atomic E-state index is 0.710. The van der Waals surface area contributed by atoms with Gasteiger partial charge in [-0.05, 0) is 29.8 Å². The van der Waals surface area contributed by atoms with Crippen molar-refractivity contribution in [1.82, 2.24) is 0 Å². The van der Waals surface area contributed by atoms with Gasteiger partial charge in [0, 0.05) is 27.9 Å². The van der Waals surface area contributed by atoms with Crippen molar-refractivity contribution in [2.24, 2.45) is 0 Å². The molecule has 4 aromatic rings. The number of ether oxygens (including phenoxy) is 1. The molecule has 1 heterocycles. The summed E-state index contributed by atoms with van der Waals surface area (Å²) < 4.78 is 12.6. The zero-order valence-electron chi connectivity index (χ0n) is 15.9. The van der Waals surface area contributed by atoms with E-state index in [4.69, 9.17) is 29.0 Å². The van der Waals surface area contributed by atoms with Gasteiger partial charge in [-0.25, -0.2) is 9.59 Å². The summed E-state index contributed by atoms with van der Waals surface area (Å²) in [6.07, 6.45) is 0. The lowest BCUT2D eigenvalue weighted by Gasteiger charge is -2.11. The first-order valence-corrected chi connectivity index (χ1v) is 9.62. The lowest BCUT2D eigenvalue weighted by molar-refractivity contribution is -0.159. The normalized spacial score (nSPS) is 10.3. The van der Waals surface area contributed by atoms with Crippen LogP contribution in [0.25, 0.3) is 21.9 Å². The minimum atomic E-state index is -1.82. The molecule has 7 nitrogen and oxygen atoms in total. The first-order chi connectivity index (χ1) is 14.4. The maximum atomic E-state index is 9.10. The largest absolute Gasteiger partial charge is 0.495 e. The maximum absolute atomic E-state index is 9.10. The smallest absolute Gasteiger partial charge is 0.414 e. The van der Waals surface area contributed by atoms with E-state index in [1.807, 2.05) is 42.5 Å². The van der Waals surface area contributed by atoms with Crippen LogP contribution in [0.1, 0.15) is 5.56 Å². The van der Waals surface area contributed by atoms with E-state index >= 15 is 0 Å². The molecule has 0 amide bonds. The highest BCUT2D eigenvalue weighted by molar-refractivity contribution is 9.10. The molecule has 0 spiro atoms. The Morgan fingerprint density at radius 3 is 2.37 bits per heavy atom. The van der Waals surface area contributed by atoms with Crippen molar-refractivity contribution in [1.29, 1.82) is 0 Å². The fourth-order valence-electron chi connectivity index (χ4n) is 2.90. The van der Waals surface area contributed by atoms with E-state index in [1.165, 1.54) is 5.56 Å². The monoisotopic (exact) mass is 471 g/mol. The molecule has 0 unspecified atom stereocenters. The first kappa shape index (κ1) is 21.2. The molecule has 0 aliphatic rings. The zero-order chi connectivity index (χ0) is 21.7. The second kappa shape index (κ2) is 9.32. The summed E-state index contributed by atoms with van der Waals surface area (Å²) in [5, 5.41) is 20.4. The fourth-order valence-corrected chi connectivity index (χ4v) is 3.35. The number of aliphatic carboxylic acids is 2. The maximum Gasteiger partial charge on any atom is 0.414 e. The van der Waals surface area contributed by atoms with Gasteiger partial charge in [0.2, 0.25) is 0 Å². The molecule has 8 heteroatoms. The molecule has 0 saturated heterocycles. The van der Waals surface area contributed by atoms with Gasteiger partial charge in [0.1, 0.15) is 16.9 Å². The average molecular weight is 472 g/mol. The number of carboxylic acid groups (broad SMARTS) is 2. The molecule has 3 aromatic carbocycles. The number of hydrogen-bond donors (Lipinski definition) is 3. The van der Waals surface area contributed by atoms with Crippen LogP contribution >= 0.6 is 15.9 Å². The second-order valence-corrected chi connectivity index (χ2v) is 7.16. The van der Waals surface area contributed by atoms with Crippen LogP contribution in [0.4, 0.5) is 5.69 Å². The van der Waals surface area contributed by atoms with Gasteiger partial charge in [-0.1, -0.05) is 46.3 Å². The van der Waals surface area contributed by atoms with Crippen LogP contribution < -0.4 is 10.1 Å². The molecule has 0 atom stereocenters. The summed E-state index contributed by atoms with van der Waals surface area (Å²) in [6, 6.07) is 20.3. The van der Waals surface area contributed by atoms with E-state index in [0.29, 0.717) is 6.54 Å². The summed E-state index contributed by atoms with van der Waals surface area (Å²) in [4.78, 5) is 18.2. The van der Waals surface area contributed by atoms with Crippen molar-refractivity contribution < 1.29 is 29.0 Å². The van der Waals surface area contributed by atoms with E-state index in [0.717, 1.165) is 37.8 Å². The summed E-state index contributed by atoms with van der Waals surface area (Å²) in [7, 11) is 1.69. The van der Waals surface area contributed by atoms with Crippen LogP contribution in [-0.2, 0) is 16.1 Å². The highest BCUT2D eigenvalue weighted by atomic mass is 79.9. The predicted octanol–water partition coefficient (Wildman–Crippen LogP) is 5.12. The Kier molecular flexibility index (Phi) is 6.58. The standard InChI is InChI=1S/C20H16BrNO2.C2H2O4/c1-23-20-10-16-15-7-2-3-8-18(15)24-19(16)11-17(20)22-12-13-5-4-6-14(21)9-13;3-1(4)2(5)6/h2-11,22H,12H2,1H3;(H,3,4)(H,5,6). The molecule has 1 aromatic heterocycles. The van der Waals surface area contributed by atoms with Gasteiger partial charge in [0.15, 0.2) is 0 Å². The van der Waals surface area contributed by atoms with E-state index in [1.54, 1.807) is 7.11 Å². The fraction of sp³-hybridized carbons (Fsp3) is 0.0909. The predicted molar refractivity (Wildman–Crippen MR) is 117 cm³/mol. The summed E-state index contributed by atoms with van der Waals surface area (Å²) in [5.41, 5.74) is 3.85. The Balaban J connectivity index is 0.000000377. The molecule has 0 bridgehead atoms. The highest BCUT2D eigenvalue weighted by Crippen LogP contribution is 2.36. The number of benzene rings is 3. The van der Waals surface area contributed by atoms with Crippen LogP contribution in [0.3, 0.4) is 0 Å². The van der Waals surface area contributed by atoms with Gasteiger partial charge in [0.25, 0.3) is 0 Å². The van der Waals surface area contributed by atoms with Crippen LogP contribution in [0.15, 0.2) is 69.6 Å². The van der Waals surface area contributed by atoms with Gasteiger partial charge in [-0.2, -0.15) is 0 Å². The number of rotatable bonds is 4. The van der Waals surface area contributed by atoms with Crippen LogP contribution in [-0.4, -0.2) is 29.3 Å². The van der Waals surface area contributed by atoms with Crippen LogP contribution in [0, 0.1) is 0 Å². The number of hydrogen-bond acceptors (Lipinski definition) is 5. The first-order valence-electron chi connectivity index (χ1n) is 8.83. The summed E-state index contributed by atoms with van der Waals surface area (Å²) in [6.45, 7) is 0.710. The van der Waals surface area contributed by atoms with Gasteiger partial charge in [-0.15, -0.1) is 0 Å². The number of fused-ring (bicyclic) bond motifs is 3. The Hall–Kier alpha value is -3.52. The summed E-state index contributed by atoms with van der Waals surface area (Å²) in [5.74, 6) is -2.84. The molecular formula is C22H18BrNO6. The number of nitrogens with one attached hydrogen (secondary N) is 1. The third-order valence-corrected chi connectivity index (χ3v) is 4.75. The quantitative estimate of drug-likeness (QED) is 0.354. The molecule has 30 heavy (non-hydrogen) atoms. The van der Waals surface area contributed by atoms with E-state index < -0.39 is 11.9 Å². The Morgan fingerprint density at radius 1 is 0.967 bits per heavy atom. The van der Waals surface area contributed by atoms with Crippen molar-refractivity contribution in [2.75, 3.05) is 12.4 Å². The molecule has 3 N–H and O–H groups in total. The molecule has 154 valence electrons. The molecule has 0 fully saturated rings. The number of carbonyl (C=O) groups is 2. The van der Waals surface area contributed by atoms with E-state index in [2.05, 4.69) is 39.4 Å². The Morgan fingerprint density at radius 2 is 1.70 bits per heavy atom. The van der Waals surface area contributed by atoms with Gasteiger partial charge in [0.05, 0.1) is 12.8 Å². The lowest BCUT2D eigenvalue weighted by Crippen LogP contribution is -2.09. The highest BCUT2D eigenvalue weighted by Gasteiger charge is 2.12. The average Bonchev–Trinajstić information content (AvgIpc) is 3.09. The molecule has 0 saturated carbocycles. The number of para-hydroxylation sites is 1. The molecule has 0 aliphatic heterocycles. The van der Waals surface area contributed by atoms with Gasteiger partial charge >= 0.3 is 11.9 Å². The molecule has 0 aliphatic carbocycles. The Labute approximate surface area is 180 Å². The van der Waals surface area contributed by atoms with Crippen molar-refractivity contribution >= 4 is 55.5 Å². The van der Waals surface area contributed by atoms with E-state index in [-0.39, 0.29) is 0 Å². The Bertz CT molecular complexity index is 1200. The number of methoxy groups -OCH3 is 1. The number of halogens is 1. The third kappa shape index (κ3) is 4.90. The van der Waals surface area contributed by atoms with Crippen LogP contribution in [0.2, 0.25) is 0 Å². The van der Waals surface area contributed by atoms with Crippen molar-refractivity contribution in [2.45, 2.75) is 6.54 Å². The number of carboxylic acids is 2. The van der Waals surface area contributed by atoms with E-state index in [9.17, 15) is 0 Å². The number of furan rings is 1. The number of anilines is 1. The van der Waals surface area contributed by atoms with Gasteiger partial charge < -0.3 is 24.7 Å². The lowest BCUT2D eigenvalue weighted by atomic mass is 10.1. The van der Waals surface area contributed by atoms with Gasteiger partial charge in [-0.3, -0.25) is 0 Å². The summed E-state index contributed by atoms with van der Waals surface area (Å²) >= 11 is 3.50. The molecule has 4 rings (SSSR count). The second-order valence-electron chi connectivity index (χ2n) is 6.24.